The lowest BCUT2D eigenvalue weighted by Gasteiger charge is -2.22. The van der Waals surface area contributed by atoms with E-state index in [0.717, 1.165) is 15.1 Å². The van der Waals surface area contributed by atoms with Crippen LogP contribution in [0.2, 0.25) is 0 Å². The molecule has 0 bridgehead atoms. The number of hydrogen-bond acceptors (Lipinski definition) is 6. The van der Waals surface area contributed by atoms with Gasteiger partial charge in [-0.1, -0.05) is 24.9 Å². The van der Waals surface area contributed by atoms with E-state index in [1.807, 2.05) is 19.9 Å². The molecule has 2 aromatic carbocycles. The van der Waals surface area contributed by atoms with E-state index < -0.39 is 16.1 Å². The topological polar surface area (TPSA) is 115 Å². The number of urea groups is 1. The van der Waals surface area contributed by atoms with Crippen LogP contribution in [0, 0.1) is 0 Å². The number of aromatic nitrogens is 1. The van der Waals surface area contributed by atoms with Gasteiger partial charge in [-0.25, -0.2) is 22.7 Å². The predicted octanol–water partition coefficient (Wildman–Crippen LogP) is 3.55. The molecule has 3 N–H and O–H groups in total. The second-order valence-electron chi connectivity index (χ2n) is 6.49. The number of anilines is 2. The van der Waals surface area contributed by atoms with Crippen molar-refractivity contribution in [1.29, 1.82) is 0 Å². The van der Waals surface area contributed by atoms with Crippen molar-refractivity contribution in [3.8, 4) is 5.75 Å². The summed E-state index contributed by atoms with van der Waals surface area (Å²) in [6.45, 7) is 3.62. The van der Waals surface area contributed by atoms with Gasteiger partial charge in [0.05, 0.1) is 16.7 Å². The van der Waals surface area contributed by atoms with Gasteiger partial charge in [0.15, 0.2) is 0 Å². The third-order valence-corrected chi connectivity index (χ3v) is 5.27. The number of nitrogens with zero attached hydrogens (tertiary/aromatic N) is 2. The van der Waals surface area contributed by atoms with Gasteiger partial charge in [-0.3, -0.25) is 4.98 Å². The number of thiol groups is 1. The first-order chi connectivity index (χ1) is 13.7. The van der Waals surface area contributed by atoms with Crippen LogP contribution in [-0.2, 0) is 10.0 Å². The Bertz CT molecular complexity index is 1160. The summed E-state index contributed by atoms with van der Waals surface area (Å²) in [5.41, 5.74) is 0.704. The molecular weight excluding hydrogens is 412 g/mol. The number of ether oxygens (including phenoxy) is 1. The van der Waals surface area contributed by atoms with Gasteiger partial charge in [0.2, 0.25) is 10.0 Å². The molecule has 0 fully saturated rings. The van der Waals surface area contributed by atoms with E-state index >= 15 is 0 Å². The number of nitrogens with two attached hydrogens (primary N) is 1. The number of fused-ring (bicyclic) bond motifs is 1. The van der Waals surface area contributed by atoms with E-state index in [-0.39, 0.29) is 16.7 Å². The highest BCUT2D eigenvalue weighted by Gasteiger charge is 2.21. The van der Waals surface area contributed by atoms with Gasteiger partial charge in [0.25, 0.3) is 0 Å². The molecule has 0 spiro atoms. The first kappa shape index (κ1) is 20.9. The second kappa shape index (κ2) is 8.27. The molecule has 0 aliphatic rings. The van der Waals surface area contributed by atoms with Crippen LogP contribution in [0.5, 0.6) is 5.75 Å². The zero-order chi connectivity index (χ0) is 21.2. The Hall–Kier alpha value is -2.82. The third-order valence-electron chi connectivity index (χ3n) is 3.96. The summed E-state index contributed by atoms with van der Waals surface area (Å²) in [7, 11) is -3.97. The van der Waals surface area contributed by atoms with Gasteiger partial charge in [0, 0.05) is 23.2 Å². The van der Waals surface area contributed by atoms with Gasteiger partial charge >= 0.3 is 6.03 Å². The summed E-state index contributed by atoms with van der Waals surface area (Å²) in [4.78, 5) is 16.7. The van der Waals surface area contributed by atoms with Crippen molar-refractivity contribution in [1.82, 2.24) is 4.98 Å². The van der Waals surface area contributed by atoms with Crippen molar-refractivity contribution in [2.24, 2.45) is 5.14 Å². The van der Waals surface area contributed by atoms with Gasteiger partial charge in [0.1, 0.15) is 11.4 Å². The average molecular weight is 433 g/mol. The van der Waals surface area contributed by atoms with E-state index in [1.165, 1.54) is 18.2 Å². The zero-order valence-corrected chi connectivity index (χ0v) is 17.4. The SMILES string of the molecule is CC(C)Oc1ccc(S(N)(=O)=O)cc1N(S)C(=O)Nc1cccc2cnccc12. The minimum atomic E-state index is -3.97. The van der Waals surface area contributed by atoms with Crippen molar-refractivity contribution < 1.29 is 17.9 Å². The number of carbonyl (C=O) groups excluding carboxylic acids is 1. The van der Waals surface area contributed by atoms with Crippen LogP contribution in [0.15, 0.2) is 59.8 Å². The Morgan fingerprint density at radius 1 is 1.24 bits per heavy atom. The minimum absolute atomic E-state index is 0.146. The quantitative estimate of drug-likeness (QED) is 0.534. The Morgan fingerprint density at radius 3 is 2.69 bits per heavy atom. The predicted molar refractivity (Wildman–Crippen MR) is 116 cm³/mol. The van der Waals surface area contributed by atoms with Crippen molar-refractivity contribution in [2.75, 3.05) is 9.62 Å². The molecule has 1 aromatic heterocycles. The van der Waals surface area contributed by atoms with Crippen LogP contribution >= 0.6 is 12.8 Å². The minimum Gasteiger partial charge on any atom is -0.489 e. The normalized spacial score (nSPS) is 11.5. The molecule has 0 saturated heterocycles. The van der Waals surface area contributed by atoms with Crippen LogP contribution in [0.4, 0.5) is 16.2 Å². The smallest absolute Gasteiger partial charge is 0.336 e. The molecule has 3 rings (SSSR count). The summed E-state index contributed by atoms with van der Waals surface area (Å²) >= 11 is 4.27. The summed E-state index contributed by atoms with van der Waals surface area (Å²) in [6.07, 6.45) is 3.11. The van der Waals surface area contributed by atoms with Gasteiger partial charge in [-0.2, -0.15) is 0 Å². The van der Waals surface area contributed by atoms with Crippen molar-refractivity contribution >= 4 is 51.0 Å². The molecule has 2 amide bonds. The first-order valence-corrected chi connectivity index (χ1v) is 10.6. The van der Waals surface area contributed by atoms with E-state index in [0.29, 0.717) is 11.4 Å². The second-order valence-corrected chi connectivity index (χ2v) is 8.45. The van der Waals surface area contributed by atoms with Crippen LogP contribution in [0.1, 0.15) is 13.8 Å². The number of primary sulfonamides is 1. The van der Waals surface area contributed by atoms with E-state index in [2.05, 4.69) is 23.1 Å². The number of benzene rings is 2. The van der Waals surface area contributed by atoms with Crippen LogP contribution in [-0.4, -0.2) is 25.5 Å². The summed E-state index contributed by atoms with van der Waals surface area (Å²) < 4.78 is 30.1. The molecule has 0 aliphatic carbocycles. The summed E-state index contributed by atoms with van der Waals surface area (Å²) in [5, 5.41) is 9.65. The van der Waals surface area contributed by atoms with Crippen molar-refractivity contribution in [3.63, 3.8) is 0 Å². The fraction of sp³-hybridized carbons (Fsp3) is 0.158. The lowest BCUT2D eigenvalue weighted by Crippen LogP contribution is -2.28. The fourth-order valence-electron chi connectivity index (χ4n) is 2.70. The number of nitrogens with one attached hydrogen (secondary N) is 1. The molecule has 0 radical (unpaired) electrons. The first-order valence-electron chi connectivity index (χ1n) is 8.63. The summed E-state index contributed by atoms with van der Waals surface area (Å²) in [6, 6.07) is 10.6. The molecule has 8 nitrogen and oxygen atoms in total. The molecular formula is C19H20N4O4S2. The van der Waals surface area contributed by atoms with Crippen LogP contribution in [0.3, 0.4) is 0 Å². The maximum atomic E-state index is 12.8. The third kappa shape index (κ3) is 4.78. The van der Waals surface area contributed by atoms with E-state index in [1.54, 1.807) is 30.6 Å². The molecule has 0 aliphatic heterocycles. The van der Waals surface area contributed by atoms with E-state index in [4.69, 9.17) is 9.88 Å². The Balaban J connectivity index is 1.97. The zero-order valence-electron chi connectivity index (χ0n) is 15.7. The maximum absolute atomic E-state index is 12.8. The molecule has 0 atom stereocenters. The van der Waals surface area contributed by atoms with E-state index in [9.17, 15) is 13.2 Å². The van der Waals surface area contributed by atoms with Gasteiger partial charge in [-0.05, 0) is 44.2 Å². The number of carbonyl (C=O) groups is 1. The molecule has 10 heteroatoms. The molecule has 3 aromatic rings. The highest BCUT2D eigenvalue weighted by atomic mass is 32.2. The molecule has 0 saturated carbocycles. The number of pyridine rings is 1. The fourth-order valence-corrected chi connectivity index (χ4v) is 3.44. The number of amides is 2. The maximum Gasteiger partial charge on any atom is 0.336 e. The Morgan fingerprint density at radius 2 is 2.00 bits per heavy atom. The van der Waals surface area contributed by atoms with Gasteiger partial charge < -0.3 is 10.1 Å². The molecule has 152 valence electrons. The van der Waals surface area contributed by atoms with Crippen molar-refractivity contribution in [2.45, 2.75) is 24.8 Å². The lowest BCUT2D eigenvalue weighted by molar-refractivity contribution is 0.242. The number of sulfonamides is 1. The summed E-state index contributed by atoms with van der Waals surface area (Å²) in [5.74, 6) is 0.291. The average Bonchev–Trinajstić information content (AvgIpc) is 2.66. The highest BCUT2D eigenvalue weighted by molar-refractivity contribution is 7.89. The number of rotatable bonds is 5. The number of hydrogen-bond donors (Lipinski definition) is 3. The van der Waals surface area contributed by atoms with Crippen molar-refractivity contribution in [3.05, 3.63) is 54.9 Å². The molecule has 0 unspecified atom stereocenters. The molecule has 1 heterocycles. The lowest BCUT2D eigenvalue weighted by atomic mass is 10.1. The van der Waals surface area contributed by atoms with Gasteiger partial charge in [-0.15, -0.1) is 0 Å². The highest BCUT2D eigenvalue weighted by Crippen LogP contribution is 2.34. The largest absolute Gasteiger partial charge is 0.489 e. The van der Waals surface area contributed by atoms with Crippen LogP contribution in [0.25, 0.3) is 10.8 Å². The monoisotopic (exact) mass is 432 g/mol. The van der Waals surface area contributed by atoms with Crippen LogP contribution < -0.4 is 19.5 Å². The Kier molecular flexibility index (Phi) is 5.96. The Labute approximate surface area is 174 Å². The standard InChI is InChI=1S/C19H20N4O4S2/c1-12(2)27-18-7-6-14(29(20,25)26)10-17(18)23(28)19(24)22-16-5-3-4-13-11-21-9-8-15(13)16/h3-12,28H,1-2H3,(H,22,24)(H2,20,25,26). The molecule has 29 heavy (non-hydrogen) atoms.